The molecule has 0 N–H and O–H groups in total. The van der Waals surface area contributed by atoms with Crippen LogP contribution in [-0.4, -0.2) is 20.9 Å². The molecule has 0 bridgehead atoms. The number of carbonyl (C=O) groups is 1. The van der Waals surface area contributed by atoms with Crippen LogP contribution < -0.4 is 0 Å². The number of aryl methyl sites for hydroxylation is 1. The van der Waals surface area contributed by atoms with Crippen molar-refractivity contribution in [3.05, 3.63) is 77.4 Å². The number of aromatic nitrogens is 3. The lowest BCUT2D eigenvalue weighted by molar-refractivity contribution is -0.139. The third kappa shape index (κ3) is 4.42. The summed E-state index contributed by atoms with van der Waals surface area (Å²) in [5.74, 6) is 0.0739. The van der Waals surface area contributed by atoms with Crippen molar-refractivity contribution < 1.29 is 14.1 Å². The van der Waals surface area contributed by atoms with E-state index in [1.165, 1.54) is 6.08 Å². The summed E-state index contributed by atoms with van der Waals surface area (Å²) in [6.07, 6.45) is 6.61. The van der Waals surface area contributed by atoms with Gasteiger partial charge in [0.05, 0.1) is 18.4 Å². The third-order valence-corrected chi connectivity index (χ3v) is 3.29. The molecule has 6 heteroatoms. The standard InChI is InChI=1S/C18H17N3O3/c1-14-9-17(24-20-14)13-23-18(22)8-7-16-10-19-21(12-16)11-15-5-3-2-4-6-15/h2-10,12H,11,13H2,1H3/b8-7+. The van der Waals surface area contributed by atoms with Crippen LogP contribution in [0.2, 0.25) is 0 Å². The Kier molecular flexibility index (Phi) is 4.86. The van der Waals surface area contributed by atoms with Crippen LogP contribution in [0.25, 0.3) is 6.08 Å². The summed E-state index contributed by atoms with van der Waals surface area (Å²) in [6.45, 7) is 2.56. The van der Waals surface area contributed by atoms with Crippen LogP contribution in [0, 0.1) is 6.92 Å². The van der Waals surface area contributed by atoms with Crippen LogP contribution in [0.4, 0.5) is 0 Å². The lowest BCUT2D eigenvalue weighted by atomic mass is 10.2. The Balaban J connectivity index is 1.52. The minimum absolute atomic E-state index is 0.0667. The molecule has 0 saturated carbocycles. The Bertz CT molecular complexity index is 834. The van der Waals surface area contributed by atoms with Crippen molar-refractivity contribution in [1.29, 1.82) is 0 Å². The van der Waals surface area contributed by atoms with Gasteiger partial charge in [0.2, 0.25) is 0 Å². The summed E-state index contributed by atoms with van der Waals surface area (Å²) in [7, 11) is 0. The van der Waals surface area contributed by atoms with Crippen molar-refractivity contribution in [3.8, 4) is 0 Å². The molecule has 0 spiro atoms. The van der Waals surface area contributed by atoms with Crippen molar-refractivity contribution in [2.45, 2.75) is 20.1 Å². The maximum atomic E-state index is 11.7. The molecule has 0 aliphatic heterocycles. The number of benzene rings is 1. The Morgan fingerprint density at radius 2 is 2.17 bits per heavy atom. The Hall–Kier alpha value is -3.15. The molecule has 0 atom stereocenters. The Morgan fingerprint density at radius 1 is 1.33 bits per heavy atom. The van der Waals surface area contributed by atoms with Gasteiger partial charge in [-0.1, -0.05) is 35.5 Å². The molecule has 0 saturated heterocycles. The first-order valence-electron chi connectivity index (χ1n) is 7.52. The first-order chi connectivity index (χ1) is 11.7. The van der Waals surface area contributed by atoms with E-state index >= 15 is 0 Å². The minimum atomic E-state index is -0.445. The zero-order valence-electron chi connectivity index (χ0n) is 13.3. The summed E-state index contributed by atoms with van der Waals surface area (Å²) < 4.78 is 11.9. The molecular formula is C18H17N3O3. The van der Waals surface area contributed by atoms with Crippen LogP contribution in [0.1, 0.15) is 22.6 Å². The highest BCUT2D eigenvalue weighted by Gasteiger charge is 2.04. The lowest BCUT2D eigenvalue weighted by Gasteiger charge is -2.00. The van der Waals surface area contributed by atoms with Crippen molar-refractivity contribution in [2.24, 2.45) is 0 Å². The quantitative estimate of drug-likeness (QED) is 0.515. The average Bonchev–Trinajstić information content (AvgIpc) is 3.21. The normalized spacial score (nSPS) is 11.0. The van der Waals surface area contributed by atoms with Gasteiger partial charge in [0.1, 0.15) is 0 Å². The first-order valence-corrected chi connectivity index (χ1v) is 7.52. The molecule has 0 fully saturated rings. The van der Waals surface area contributed by atoms with Crippen LogP contribution in [0.5, 0.6) is 0 Å². The molecule has 122 valence electrons. The molecule has 2 heterocycles. The molecule has 0 aliphatic rings. The second-order valence-electron chi connectivity index (χ2n) is 5.33. The Morgan fingerprint density at radius 3 is 2.92 bits per heavy atom. The van der Waals surface area contributed by atoms with E-state index in [-0.39, 0.29) is 6.61 Å². The summed E-state index contributed by atoms with van der Waals surface area (Å²) >= 11 is 0. The first kappa shape index (κ1) is 15.7. The van der Waals surface area contributed by atoms with Crippen molar-refractivity contribution >= 4 is 12.0 Å². The van der Waals surface area contributed by atoms with Crippen molar-refractivity contribution in [3.63, 3.8) is 0 Å². The van der Waals surface area contributed by atoms with E-state index in [1.54, 1.807) is 18.3 Å². The highest BCUT2D eigenvalue weighted by Crippen LogP contribution is 2.07. The number of carbonyl (C=O) groups excluding carboxylic acids is 1. The summed E-state index contributed by atoms with van der Waals surface area (Å²) in [4.78, 5) is 11.7. The van der Waals surface area contributed by atoms with Gasteiger partial charge < -0.3 is 9.26 Å². The zero-order valence-corrected chi connectivity index (χ0v) is 13.3. The van der Waals surface area contributed by atoms with E-state index in [9.17, 15) is 4.79 Å². The molecule has 3 aromatic rings. The minimum Gasteiger partial charge on any atom is -0.454 e. The maximum Gasteiger partial charge on any atom is 0.331 e. The molecule has 2 aromatic heterocycles. The molecule has 0 aliphatic carbocycles. The third-order valence-electron chi connectivity index (χ3n) is 3.29. The number of hydrogen-bond donors (Lipinski definition) is 0. The van der Waals surface area contributed by atoms with Gasteiger partial charge in [0.15, 0.2) is 12.4 Å². The predicted molar refractivity (Wildman–Crippen MR) is 87.8 cm³/mol. The second-order valence-corrected chi connectivity index (χ2v) is 5.33. The number of esters is 1. The number of nitrogens with zero attached hydrogens (tertiary/aromatic N) is 3. The highest BCUT2D eigenvalue weighted by molar-refractivity contribution is 5.86. The topological polar surface area (TPSA) is 70.2 Å². The van der Waals surface area contributed by atoms with Crippen LogP contribution >= 0.6 is 0 Å². The van der Waals surface area contributed by atoms with E-state index < -0.39 is 5.97 Å². The van der Waals surface area contributed by atoms with Crippen LogP contribution in [0.15, 0.2) is 59.4 Å². The SMILES string of the molecule is Cc1cc(COC(=O)/C=C/c2cnn(Cc3ccccc3)c2)on1. The number of rotatable bonds is 6. The van der Waals surface area contributed by atoms with Gasteiger partial charge in [0.25, 0.3) is 0 Å². The van der Waals surface area contributed by atoms with Gasteiger partial charge in [-0.3, -0.25) is 4.68 Å². The molecule has 24 heavy (non-hydrogen) atoms. The molecule has 0 unspecified atom stereocenters. The fourth-order valence-electron chi connectivity index (χ4n) is 2.16. The van der Waals surface area contributed by atoms with Gasteiger partial charge in [0, 0.05) is 23.9 Å². The van der Waals surface area contributed by atoms with Gasteiger partial charge in [-0.25, -0.2) is 4.79 Å². The van der Waals surface area contributed by atoms with Gasteiger partial charge in [-0.15, -0.1) is 0 Å². The van der Waals surface area contributed by atoms with E-state index in [0.717, 1.165) is 16.8 Å². The molecule has 0 amide bonds. The molecule has 0 radical (unpaired) electrons. The monoisotopic (exact) mass is 323 g/mol. The highest BCUT2D eigenvalue weighted by atomic mass is 16.5. The van der Waals surface area contributed by atoms with Crippen molar-refractivity contribution in [1.82, 2.24) is 14.9 Å². The van der Waals surface area contributed by atoms with E-state index in [1.807, 2.05) is 48.1 Å². The van der Waals surface area contributed by atoms with Gasteiger partial charge in [-0.05, 0) is 18.6 Å². The predicted octanol–water partition coefficient (Wildman–Crippen LogP) is 2.98. The van der Waals surface area contributed by atoms with E-state index in [2.05, 4.69) is 10.3 Å². The number of hydrogen-bond acceptors (Lipinski definition) is 5. The summed E-state index contributed by atoms with van der Waals surface area (Å²) in [5.41, 5.74) is 2.75. The van der Waals surface area contributed by atoms with E-state index in [4.69, 9.17) is 9.26 Å². The maximum absolute atomic E-state index is 11.7. The van der Waals surface area contributed by atoms with Gasteiger partial charge >= 0.3 is 5.97 Å². The largest absolute Gasteiger partial charge is 0.454 e. The average molecular weight is 323 g/mol. The Labute approximate surface area is 139 Å². The zero-order chi connectivity index (χ0) is 16.8. The smallest absolute Gasteiger partial charge is 0.331 e. The second kappa shape index (κ2) is 7.41. The van der Waals surface area contributed by atoms with Crippen LogP contribution in [-0.2, 0) is 22.7 Å². The van der Waals surface area contributed by atoms with E-state index in [0.29, 0.717) is 12.3 Å². The van der Waals surface area contributed by atoms with Gasteiger partial charge in [-0.2, -0.15) is 5.10 Å². The fraction of sp³-hybridized carbons (Fsp3) is 0.167. The molecular weight excluding hydrogens is 306 g/mol. The van der Waals surface area contributed by atoms with Crippen molar-refractivity contribution in [2.75, 3.05) is 0 Å². The molecule has 1 aromatic carbocycles. The fourth-order valence-corrected chi connectivity index (χ4v) is 2.16. The molecule has 6 nitrogen and oxygen atoms in total. The molecule has 3 rings (SSSR count). The summed E-state index contributed by atoms with van der Waals surface area (Å²) in [6, 6.07) is 11.8. The number of ether oxygens (including phenoxy) is 1. The lowest BCUT2D eigenvalue weighted by Crippen LogP contribution is -2.00. The summed E-state index contributed by atoms with van der Waals surface area (Å²) in [5, 5.41) is 8.01. The van der Waals surface area contributed by atoms with Crippen LogP contribution in [0.3, 0.4) is 0 Å².